The fourth-order valence-electron chi connectivity index (χ4n) is 2.80. The topological polar surface area (TPSA) is 78.6 Å². The summed E-state index contributed by atoms with van der Waals surface area (Å²) in [5.41, 5.74) is 5.65. The molecule has 0 fully saturated rings. The monoisotopic (exact) mass is 355 g/mol. The zero-order chi connectivity index (χ0) is 17.2. The van der Waals surface area contributed by atoms with Crippen molar-refractivity contribution in [1.29, 1.82) is 0 Å². The quantitative estimate of drug-likeness (QED) is 0.353. The van der Waals surface area contributed by atoms with Gasteiger partial charge in [0.2, 0.25) is 5.95 Å². The van der Waals surface area contributed by atoms with Crippen molar-refractivity contribution in [2.24, 2.45) is 0 Å². The van der Waals surface area contributed by atoms with Crippen LogP contribution < -0.4 is 5.32 Å². The minimum atomic E-state index is 0.457. The lowest BCUT2D eigenvalue weighted by Gasteiger charge is -2.01. The van der Waals surface area contributed by atoms with Gasteiger partial charge in [-0.25, -0.2) is 9.97 Å². The van der Waals surface area contributed by atoms with Gasteiger partial charge in [0, 0.05) is 12.8 Å². The van der Waals surface area contributed by atoms with E-state index < -0.39 is 0 Å². The summed E-state index contributed by atoms with van der Waals surface area (Å²) < 4.78 is 5.42. The molecule has 0 atom stereocenters. The summed E-state index contributed by atoms with van der Waals surface area (Å²) in [6.45, 7) is 3.47. The molecule has 3 N–H and O–H groups in total. The van der Waals surface area contributed by atoms with Crippen LogP contribution in [-0.4, -0.2) is 33.1 Å². The van der Waals surface area contributed by atoms with E-state index in [9.17, 15) is 0 Å². The van der Waals surface area contributed by atoms with E-state index in [1.165, 1.54) is 5.56 Å². The number of nitrogens with one attached hydrogen (secondary N) is 3. The van der Waals surface area contributed by atoms with Gasteiger partial charge in [0.25, 0.3) is 0 Å². The summed E-state index contributed by atoms with van der Waals surface area (Å²) in [4.78, 5) is 15.4. The molecule has 0 radical (unpaired) electrons. The van der Waals surface area contributed by atoms with Crippen LogP contribution in [0.5, 0.6) is 0 Å². The fraction of sp³-hybridized carbons (Fsp3) is 0.222. The maximum Gasteiger partial charge on any atom is 0.205 e. The van der Waals surface area contributed by atoms with Crippen LogP contribution in [0, 0.1) is 0 Å². The highest BCUT2D eigenvalue weighted by molar-refractivity contribution is 6.29. The molecule has 1 aromatic carbocycles. The normalized spacial score (nSPS) is 11.4. The number of halogens is 1. The standard InChI is InChI=1S/C18H18ClN5O/c1-2-25-8-7-11-3-4-12-14(9-11)22-18(21-12)23-15-10-20-13-5-6-16(19)24-17(13)15/h3-6,9-10,20H,2,7-8H2,1H3,(H2,21,22,23). The van der Waals surface area contributed by atoms with Crippen LogP contribution in [0.15, 0.2) is 36.5 Å². The number of rotatable bonds is 6. The highest BCUT2D eigenvalue weighted by Gasteiger charge is 2.09. The number of imidazole rings is 1. The molecule has 0 amide bonds. The molecule has 0 aliphatic carbocycles. The zero-order valence-corrected chi connectivity index (χ0v) is 14.5. The Kier molecular flexibility index (Phi) is 4.29. The highest BCUT2D eigenvalue weighted by atomic mass is 35.5. The third kappa shape index (κ3) is 3.31. The predicted octanol–water partition coefficient (Wildman–Crippen LogP) is 4.42. The van der Waals surface area contributed by atoms with E-state index in [0.717, 1.165) is 47.4 Å². The van der Waals surface area contributed by atoms with E-state index in [1.54, 1.807) is 6.07 Å². The van der Waals surface area contributed by atoms with Crippen molar-refractivity contribution in [3.05, 3.63) is 47.2 Å². The molecule has 6 nitrogen and oxygen atoms in total. The smallest absolute Gasteiger partial charge is 0.205 e. The number of H-pyrrole nitrogens is 2. The molecule has 0 saturated heterocycles. The van der Waals surface area contributed by atoms with Gasteiger partial charge in [-0.2, -0.15) is 0 Å². The number of hydrogen-bond donors (Lipinski definition) is 3. The van der Waals surface area contributed by atoms with Crippen LogP contribution in [0.25, 0.3) is 22.1 Å². The lowest BCUT2D eigenvalue weighted by molar-refractivity contribution is 0.151. The van der Waals surface area contributed by atoms with Gasteiger partial charge in [-0.1, -0.05) is 17.7 Å². The minimum absolute atomic E-state index is 0.457. The second kappa shape index (κ2) is 6.74. The summed E-state index contributed by atoms with van der Waals surface area (Å²) in [7, 11) is 0. The number of anilines is 2. The molecule has 0 spiro atoms. The maximum absolute atomic E-state index is 6.00. The number of nitrogens with zero attached hydrogens (tertiary/aromatic N) is 2. The van der Waals surface area contributed by atoms with Gasteiger partial charge in [-0.05, 0) is 43.2 Å². The molecular weight excluding hydrogens is 338 g/mol. The number of ether oxygens (including phenoxy) is 1. The summed E-state index contributed by atoms with van der Waals surface area (Å²) in [6, 6.07) is 9.87. The van der Waals surface area contributed by atoms with Crippen molar-refractivity contribution in [3.8, 4) is 0 Å². The molecular formula is C18H18ClN5O. The summed E-state index contributed by atoms with van der Waals surface area (Å²) in [5.74, 6) is 0.666. The van der Waals surface area contributed by atoms with Gasteiger partial charge >= 0.3 is 0 Å². The van der Waals surface area contributed by atoms with Crippen LogP contribution in [0.4, 0.5) is 11.6 Å². The minimum Gasteiger partial charge on any atom is -0.381 e. The first-order valence-electron chi connectivity index (χ1n) is 8.20. The van der Waals surface area contributed by atoms with E-state index >= 15 is 0 Å². The Morgan fingerprint density at radius 3 is 2.96 bits per heavy atom. The summed E-state index contributed by atoms with van der Waals surface area (Å²) >= 11 is 6.00. The average Bonchev–Trinajstić information content (AvgIpc) is 3.18. The molecule has 0 aliphatic heterocycles. The Balaban J connectivity index is 1.59. The molecule has 3 aromatic heterocycles. The Morgan fingerprint density at radius 1 is 1.16 bits per heavy atom. The van der Waals surface area contributed by atoms with Gasteiger partial charge < -0.3 is 20.0 Å². The van der Waals surface area contributed by atoms with Crippen molar-refractivity contribution >= 4 is 45.3 Å². The Hall–Kier alpha value is -2.57. The molecule has 0 aliphatic rings. The van der Waals surface area contributed by atoms with Gasteiger partial charge in [-0.15, -0.1) is 0 Å². The van der Waals surface area contributed by atoms with Gasteiger partial charge in [-0.3, -0.25) is 0 Å². The van der Waals surface area contributed by atoms with E-state index in [2.05, 4.69) is 37.4 Å². The third-order valence-electron chi connectivity index (χ3n) is 4.03. The second-order valence-corrected chi connectivity index (χ2v) is 6.13. The molecule has 3 heterocycles. The molecule has 4 rings (SSSR count). The van der Waals surface area contributed by atoms with E-state index in [-0.39, 0.29) is 0 Å². The van der Waals surface area contributed by atoms with Gasteiger partial charge in [0.1, 0.15) is 10.7 Å². The van der Waals surface area contributed by atoms with Gasteiger partial charge in [0.05, 0.1) is 28.8 Å². The summed E-state index contributed by atoms with van der Waals surface area (Å²) in [5, 5.41) is 3.73. The first-order valence-corrected chi connectivity index (χ1v) is 8.58. The largest absolute Gasteiger partial charge is 0.381 e. The third-order valence-corrected chi connectivity index (χ3v) is 4.24. The van der Waals surface area contributed by atoms with Crippen LogP contribution in [0.1, 0.15) is 12.5 Å². The number of benzene rings is 1. The molecule has 0 saturated carbocycles. The molecule has 25 heavy (non-hydrogen) atoms. The highest BCUT2D eigenvalue weighted by Crippen LogP contribution is 2.26. The van der Waals surface area contributed by atoms with Crippen LogP contribution >= 0.6 is 11.6 Å². The molecule has 0 unspecified atom stereocenters. The van der Waals surface area contributed by atoms with E-state index in [4.69, 9.17) is 16.3 Å². The first kappa shape index (κ1) is 15.9. The van der Waals surface area contributed by atoms with E-state index in [1.807, 2.05) is 25.3 Å². The number of fused-ring (bicyclic) bond motifs is 2. The first-order chi connectivity index (χ1) is 12.2. The Morgan fingerprint density at radius 2 is 2.08 bits per heavy atom. The van der Waals surface area contributed by atoms with Crippen molar-refractivity contribution in [2.75, 3.05) is 18.5 Å². The summed E-state index contributed by atoms with van der Waals surface area (Å²) in [6.07, 6.45) is 2.74. The molecule has 7 heteroatoms. The SMILES string of the molecule is CCOCCc1ccc2nc(Nc3c[nH]c4ccc(Cl)nc34)[nH]c2c1. The number of pyridine rings is 1. The fourth-order valence-corrected chi connectivity index (χ4v) is 2.95. The van der Waals surface area contributed by atoms with Crippen molar-refractivity contribution < 1.29 is 4.74 Å². The lowest BCUT2D eigenvalue weighted by Crippen LogP contribution is -1.97. The van der Waals surface area contributed by atoms with Crippen molar-refractivity contribution in [2.45, 2.75) is 13.3 Å². The van der Waals surface area contributed by atoms with Crippen LogP contribution in [0.3, 0.4) is 0 Å². The van der Waals surface area contributed by atoms with Crippen molar-refractivity contribution in [1.82, 2.24) is 19.9 Å². The molecule has 4 aromatic rings. The van der Waals surface area contributed by atoms with Crippen molar-refractivity contribution in [3.63, 3.8) is 0 Å². The Bertz CT molecular complexity index is 1020. The van der Waals surface area contributed by atoms with Crippen LogP contribution in [0.2, 0.25) is 5.15 Å². The van der Waals surface area contributed by atoms with Crippen LogP contribution in [-0.2, 0) is 11.2 Å². The predicted molar refractivity (Wildman–Crippen MR) is 101 cm³/mol. The number of hydrogen-bond acceptors (Lipinski definition) is 4. The zero-order valence-electron chi connectivity index (χ0n) is 13.8. The average molecular weight is 356 g/mol. The number of aromatic amines is 2. The van der Waals surface area contributed by atoms with E-state index in [0.29, 0.717) is 11.1 Å². The lowest BCUT2D eigenvalue weighted by atomic mass is 10.1. The molecule has 128 valence electrons. The molecule has 0 bridgehead atoms. The maximum atomic E-state index is 6.00. The number of aromatic nitrogens is 4. The van der Waals surface area contributed by atoms with Gasteiger partial charge in [0.15, 0.2) is 0 Å². The Labute approximate surface area is 149 Å². The second-order valence-electron chi connectivity index (χ2n) is 5.74.